The Morgan fingerprint density at radius 2 is 2.20 bits per heavy atom. The highest BCUT2D eigenvalue weighted by atomic mass is 35.5. The Balaban J connectivity index is 2.10. The van der Waals surface area contributed by atoms with Crippen LogP contribution in [0, 0.1) is 0 Å². The van der Waals surface area contributed by atoms with Crippen LogP contribution < -0.4 is 11.1 Å². The van der Waals surface area contributed by atoms with Crippen LogP contribution in [0.5, 0.6) is 0 Å². The maximum absolute atomic E-state index is 12.0. The molecule has 20 heavy (non-hydrogen) atoms. The van der Waals surface area contributed by atoms with Gasteiger partial charge in [-0.15, -0.1) is 11.3 Å². The molecule has 8 heteroatoms. The van der Waals surface area contributed by atoms with Crippen LogP contribution >= 0.6 is 22.9 Å². The molecule has 106 valence electrons. The zero-order valence-electron chi connectivity index (χ0n) is 10.3. The van der Waals surface area contributed by atoms with Crippen LogP contribution in [0.2, 0.25) is 5.02 Å². The molecule has 0 unspecified atom stereocenters. The summed E-state index contributed by atoms with van der Waals surface area (Å²) in [6.07, 6.45) is 0. The van der Waals surface area contributed by atoms with Crippen LogP contribution in [0.4, 0.5) is 4.79 Å². The number of nitrogens with one attached hydrogen (secondary N) is 1. The molecule has 0 aliphatic rings. The first-order valence-corrected chi connectivity index (χ1v) is 6.90. The van der Waals surface area contributed by atoms with Gasteiger partial charge in [-0.2, -0.15) is 0 Å². The number of nitrogens with zero attached hydrogens (tertiary/aromatic N) is 1. The lowest BCUT2D eigenvalue weighted by Gasteiger charge is -2.13. The van der Waals surface area contributed by atoms with Crippen LogP contribution in [0.3, 0.4) is 0 Å². The second-order valence-corrected chi connectivity index (χ2v) is 5.47. The predicted octanol–water partition coefficient (Wildman–Crippen LogP) is 2.05. The Hall–Kier alpha value is -1.83. The van der Waals surface area contributed by atoms with E-state index in [1.54, 1.807) is 18.2 Å². The third-order valence-electron chi connectivity index (χ3n) is 2.58. The topological polar surface area (TPSA) is 95.7 Å². The molecule has 2 rings (SSSR count). The fraction of sp³-hybridized carbons (Fsp3) is 0.167. The van der Waals surface area contributed by atoms with Gasteiger partial charge in [-0.3, -0.25) is 10.0 Å². The summed E-state index contributed by atoms with van der Waals surface area (Å²) in [6.45, 7) is 0.0208. The number of thiophene rings is 1. The molecule has 0 atom stereocenters. The molecule has 4 N–H and O–H groups in total. The second kappa shape index (κ2) is 6.08. The number of halogens is 1. The summed E-state index contributed by atoms with van der Waals surface area (Å²) in [6, 6.07) is 6.30. The molecule has 3 amide bonds. The molecule has 1 heterocycles. The molecule has 1 aromatic carbocycles. The molecule has 1 aromatic heterocycles. The largest absolute Gasteiger partial charge is 0.352 e. The lowest BCUT2D eigenvalue weighted by atomic mass is 10.2. The number of urea groups is 1. The minimum absolute atomic E-state index is 0.0518. The smallest absolute Gasteiger partial charge is 0.312 e. The van der Waals surface area contributed by atoms with E-state index in [2.05, 4.69) is 5.32 Å². The third kappa shape index (κ3) is 3.19. The Morgan fingerprint density at radius 1 is 1.45 bits per heavy atom. The molecule has 0 aliphatic carbocycles. The molecule has 0 saturated carbocycles. The second-order valence-electron chi connectivity index (χ2n) is 3.98. The highest BCUT2D eigenvalue weighted by Crippen LogP contribution is 2.31. The van der Waals surface area contributed by atoms with Crippen molar-refractivity contribution >= 4 is 45.0 Å². The molecule has 0 fully saturated rings. The van der Waals surface area contributed by atoms with Gasteiger partial charge < -0.3 is 11.1 Å². The van der Waals surface area contributed by atoms with E-state index in [0.717, 1.165) is 10.1 Å². The first-order chi connectivity index (χ1) is 9.49. The van der Waals surface area contributed by atoms with Gasteiger partial charge in [0.05, 0.1) is 11.4 Å². The lowest BCUT2D eigenvalue weighted by Crippen LogP contribution is -2.38. The lowest BCUT2D eigenvalue weighted by molar-refractivity contribution is -0.0561. The van der Waals surface area contributed by atoms with Gasteiger partial charge in [-0.25, -0.2) is 9.86 Å². The number of hydrogen-bond donors (Lipinski definition) is 3. The first kappa shape index (κ1) is 14.6. The summed E-state index contributed by atoms with van der Waals surface area (Å²) in [4.78, 5) is 22.9. The Bertz CT molecular complexity index is 658. The fourth-order valence-corrected chi connectivity index (χ4v) is 2.96. The number of benzene rings is 1. The van der Waals surface area contributed by atoms with Gasteiger partial charge in [0, 0.05) is 21.7 Å². The summed E-state index contributed by atoms with van der Waals surface area (Å²) in [7, 11) is 0. The highest BCUT2D eigenvalue weighted by molar-refractivity contribution is 7.20. The number of carbonyl (C=O) groups excluding carboxylic acids is 2. The molecule has 0 saturated heterocycles. The van der Waals surface area contributed by atoms with Gasteiger partial charge in [0.15, 0.2) is 0 Å². The quantitative estimate of drug-likeness (QED) is 0.595. The van der Waals surface area contributed by atoms with Crippen molar-refractivity contribution in [3.05, 3.63) is 34.2 Å². The average Bonchev–Trinajstić information content (AvgIpc) is 2.82. The van der Waals surface area contributed by atoms with Gasteiger partial charge in [0.2, 0.25) is 0 Å². The van der Waals surface area contributed by atoms with Crippen molar-refractivity contribution in [2.75, 3.05) is 13.1 Å². The maximum Gasteiger partial charge on any atom is 0.312 e. The van der Waals surface area contributed by atoms with E-state index in [1.165, 1.54) is 11.3 Å². The number of hydrogen-bond acceptors (Lipinski definition) is 4. The Morgan fingerprint density at radius 3 is 2.85 bits per heavy atom. The van der Waals surface area contributed by atoms with E-state index in [-0.39, 0.29) is 13.1 Å². The van der Waals surface area contributed by atoms with E-state index >= 15 is 0 Å². The van der Waals surface area contributed by atoms with Crippen LogP contribution in [0.15, 0.2) is 24.3 Å². The summed E-state index contributed by atoms with van der Waals surface area (Å²) in [5.74, 6) is -0.548. The number of hydroxylamine groups is 2. The number of rotatable bonds is 4. The average molecular weight is 314 g/mol. The van der Waals surface area contributed by atoms with Crippen LogP contribution in [-0.4, -0.2) is 35.3 Å². The molecule has 0 spiro atoms. The zero-order valence-corrected chi connectivity index (χ0v) is 11.9. The number of fused-ring (bicyclic) bond motifs is 1. The molecule has 6 nitrogen and oxygen atoms in total. The van der Waals surface area contributed by atoms with Gasteiger partial charge in [-0.05, 0) is 18.2 Å². The van der Waals surface area contributed by atoms with Crippen molar-refractivity contribution in [1.82, 2.24) is 10.4 Å². The van der Waals surface area contributed by atoms with Gasteiger partial charge in [0.25, 0.3) is 5.91 Å². The summed E-state index contributed by atoms with van der Waals surface area (Å²) in [5.41, 5.74) is 4.89. The number of primary amides is 1. The normalized spacial score (nSPS) is 10.5. The number of amides is 3. The molecule has 2 aromatic rings. The number of nitrogens with two attached hydrogens (primary N) is 1. The molecule has 0 radical (unpaired) electrons. The van der Waals surface area contributed by atoms with Crippen molar-refractivity contribution in [3.8, 4) is 0 Å². The van der Waals surface area contributed by atoms with Crippen LogP contribution in [-0.2, 0) is 0 Å². The van der Waals surface area contributed by atoms with Crippen molar-refractivity contribution < 1.29 is 14.8 Å². The molecule has 0 bridgehead atoms. The number of carbonyl (C=O) groups is 2. The first-order valence-electron chi connectivity index (χ1n) is 5.71. The summed E-state index contributed by atoms with van der Waals surface area (Å²) in [5, 5.41) is 13.8. The van der Waals surface area contributed by atoms with E-state index in [1.807, 2.05) is 6.07 Å². The third-order valence-corrected chi connectivity index (χ3v) is 3.99. The molecule has 0 aliphatic heterocycles. The molecular formula is C12H12ClN3O3S. The zero-order chi connectivity index (χ0) is 14.7. The van der Waals surface area contributed by atoms with Crippen molar-refractivity contribution in [2.24, 2.45) is 5.73 Å². The Kier molecular flexibility index (Phi) is 4.43. The maximum atomic E-state index is 12.0. The SMILES string of the molecule is NC(=O)NCCN(O)C(=O)c1cc2c(Cl)cccc2s1. The summed E-state index contributed by atoms with van der Waals surface area (Å²) < 4.78 is 0.865. The van der Waals surface area contributed by atoms with E-state index in [9.17, 15) is 14.8 Å². The van der Waals surface area contributed by atoms with Crippen LogP contribution in [0.25, 0.3) is 10.1 Å². The van der Waals surface area contributed by atoms with Gasteiger partial charge in [-0.1, -0.05) is 17.7 Å². The predicted molar refractivity (Wildman–Crippen MR) is 77.2 cm³/mol. The highest BCUT2D eigenvalue weighted by Gasteiger charge is 2.17. The van der Waals surface area contributed by atoms with Crippen molar-refractivity contribution in [1.29, 1.82) is 0 Å². The van der Waals surface area contributed by atoms with Crippen molar-refractivity contribution in [3.63, 3.8) is 0 Å². The fourth-order valence-electron chi connectivity index (χ4n) is 1.64. The standard InChI is InChI=1S/C12H12ClN3O3S/c13-8-2-1-3-9-7(8)6-10(20-9)11(17)16(19)5-4-15-12(14)18/h1-3,6,19H,4-5H2,(H3,14,15,18). The van der Waals surface area contributed by atoms with Crippen molar-refractivity contribution in [2.45, 2.75) is 0 Å². The minimum Gasteiger partial charge on any atom is -0.352 e. The molecular weight excluding hydrogens is 302 g/mol. The van der Waals surface area contributed by atoms with Gasteiger partial charge >= 0.3 is 6.03 Å². The summed E-state index contributed by atoms with van der Waals surface area (Å²) >= 11 is 7.27. The van der Waals surface area contributed by atoms with E-state index < -0.39 is 11.9 Å². The van der Waals surface area contributed by atoms with Crippen LogP contribution in [0.1, 0.15) is 9.67 Å². The van der Waals surface area contributed by atoms with Gasteiger partial charge in [0.1, 0.15) is 0 Å². The minimum atomic E-state index is -0.709. The van der Waals surface area contributed by atoms with E-state index in [4.69, 9.17) is 17.3 Å². The Labute approximate surface area is 123 Å². The monoisotopic (exact) mass is 313 g/mol. The van der Waals surface area contributed by atoms with E-state index in [0.29, 0.717) is 15.0 Å².